The summed E-state index contributed by atoms with van der Waals surface area (Å²) in [4.78, 5) is 0. The van der Waals surface area contributed by atoms with E-state index in [1.165, 1.54) is 12.2 Å². The van der Waals surface area contributed by atoms with Gasteiger partial charge >= 0.3 is 0 Å². The van der Waals surface area contributed by atoms with Gasteiger partial charge in [0.2, 0.25) is 0 Å². The molecule has 0 heterocycles. The van der Waals surface area contributed by atoms with E-state index in [-0.39, 0.29) is 0 Å². The van der Waals surface area contributed by atoms with E-state index in [1.54, 1.807) is 13.8 Å². The van der Waals surface area contributed by atoms with E-state index in [4.69, 9.17) is 33.1 Å². The van der Waals surface area contributed by atoms with Crippen LogP contribution in [0.15, 0.2) is 30.5 Å². The first-order valence-electron chi connectivity index (χ1n) is 3.81. The second-order valence-electron chi connectivity index (χ2n) is 2.36. The summed E-state index contributed by atoms with van der Waals surface area (Å²) in [6, 6.07) is 0. The zero-order valence-electron chi connectivity index (χ0n) is 8.28. The van der Waals surface area contributed by atoms with Gasteiger partial charge in [-0.2, -0.15) is 0 Å². The molecule has 14 heavy (non-hydrogen) atoms. The molecule has 2 atom stereocenters. The number of halogens is 2. The normalized spacial score (nSPS) is 12.9. The molecule has 0 saturated carbocycles. The number of rotatable bonds is 4. The molecule has 0 radical (unpaired) electrons. The smallest absolute Gasteiger partial charge is 0.151 e. The summed E-state index contributed by atoms with van der Waals surface area (Å²) < 4.78 is 4.84. The maximum Gasteiger partial charge on any atom is 0.151 e. The van der Waals surface area contributed by atoms with Crippen molar-refractivity contribution >= 4 is 28.9 Å². The molecule has 3 nitrogen and oxygen atoms in total. The fourth-order valence-corrected chi connectivity index (χ4v) is 0.510. The average molecular weight is 240 g/mol. The van der Waals surface area contributed by atoms with Crippen LogP contribution < -0.4 is 0 Å². The van der Waals surface area contributed by atoms with Gasteiger partial charge in [-0.3, -0.25) is 0 Å². The van der Waals surface area contributed by atoms with E-state index in [1.807, 2.05) is 0 Å². The Morgan fingerprint density at radius 3 is 1.71 bits per heavy atom. The molecule has 0 amide bonds. The van der Waals surface area contributed by atoms with Crippen molar-refractivity contribution in [1.82, 2.24) is 0 Å². The first-order valence-corrected chi connectivity index (χ1v) is 4.69. The van der Waals surface area contributed by atoms with Gasteiger partial charge in [0.15, 0.2) is 11.1 Å². The number of nitrogens with zero attached hydrogens (tertiary/aromatic N) is 1. The van der Waals surface area contributed by atoms with Gasteiger partial charge in [0, 0.05) is 0 Å². The molecule has 82 valence electrons. The highest BCUT2D eigenvalue weighted by molar-refractivity contribution is 6.23. The largest absolute Gasteiger partial charge is 0.411 e. The van der Waals surface area contributed by atoms with Crippen molar-refractivity contribution in [3.05, 3.63) is 25.3 Å². The van der Waals surface area contributed by atoms with Crippen LogP contribution in [0.5, 0.6) is 0 Å². The van der Waals surface area contributed by atoms with Crippen LogP contribution in [0.3, 0.4) is 0 Å². The molecule has 0 aromatic rings. The SMILES string of the molecule is C=CC(Cl)OC(Cl)C=C.CC(C)=NO. The van der Waals surface area contributed by atoms with Gasteiger partial charge in [0.25, 0.3) is 0 Å². The van der Waals surface area contributed by atoms with Crippen molar-refractivity contribution in [2.24, 2.45) is 5.16 Å². The van der Waals surface area contributed by atoms with E-state index < -0.39 is 11.1 Å². The second kappa shape index (κ2) is 10.6. The second-order valence-corrected chi connectivity index (χ2v) is 3.22. The monoisotopic (exact) mass is 239 g/mol. The molecular weight excluding hydrogens is 225 g/mol. The Morgan fingerprint density at radius 2 is 1.57 bits per heavy atom. The minimum atomic E-state index is -0.537. The standard InChI is InChI=1S/C6H8Cl2O.C3H7NO/c1-3-5(7)9-6(8)4-2;1-3(2)4-5/h3-6H,1-2H2;5H,1-2H3. The summed E-state index contributed by atoms with van der Waals surface area (Å²) in [5, 5.41) is 10.5. The maximum absolute atomic E-state index is 7.73. The molecule has 0 spiro atoms. The van der Waals surface area contributed by atoms with E-state index >= 15 is 0 Å². The van der Waals surface area contributed by atoms with Crippen LogP contribution in [-0.2, 0) is 4.74 Å². The molecule has 0 aromatic heterocycles. The minimum absolute atomic E-state index is 0.537. The third-order valence-electron chi connectivity index (χ3n) is 0.831. The first kappa shape index (κ1) is 15.9. The fraction of sp³-hybridized carbons (Fsp3) is 0.444. The van der Waals surface area contributed by atoms with Crippen LogP contribution in [0.25, 0.3) is 0 Å². The Kier molecular flexibility index (Phi) is 12.0. The fourth-order valence-electron chi connectivity index (χ4n) is 0.235. The van der Waals surface area contributed by atoms with Crippen molar-refractivity contribution < 1.29 is 9.94 Å². The van der Waals surface area contributed by atoms with Crippen LogP contribution in [0.1, 0.15) is 13.8 Å². The summed E-state index contributed by atoms with van der Waals surface area (Å²) in [5.74, 6) is 0. The lowest BCUT2D eigenvalue weighted by Crippen LogP contribution is -2.07. The molecule has 5 heteroatoms. The van der Waals surface area contributed by atoms with Crippen LogP contribution >= 0.6 is 23.2 Å². The maximum atomic E-state index is 7.73. The zero-order chi connectivity index (χ0) is 11.6. The highest BCUT2D eigenvalue weighted by Crippen LogP contribution is 2.07. The molecule has 0 aliphatic rings. The van der Waals surface area contributed by atoms with Crippen molar-refractivity contribution in [3.8, 4) is 0 Å². The molecule has 0 saturated heterocycles. The van der Waals surface area contributed by atoms with E-state index in [0.29, 0.717) is 5.71 Å². The predicted molar refractivity (Wildman–Crippen MR) is 61.3 cm³/mol. The number of hydrogen-bond donors (Lipinski definition) is 1. The quantitative estimate of drug-likeness (QED) is 0.269. The third-order valence-corrected chi connectivity index (χ3v) is 1.39. The Hall–Kier alpha value is -0.510. The van der Waals surface area contributed by atoms with Gasteiger partial charge < -0.3 is 9.94 Å². The van der Waals surface area contributed by atoms with Crippen molar-refractivity contribution in [3.63, 3.8) is 0 Å². The third kappa shape index (κ3) is 14.0. The van der Waals surface area contributed by atoms with E-state index in [2.05, 4.69) is 18.3 Å². The lowest BCUT2D eigenvalue weighted by molar-refractivity contribution is 0.138. The van der Waals surface area contributed by atoms with Crippen LogP contribution in [0, 0.1) is 0 Å². The molecule has 0 aromatic carbocycles. The summed E-state index contributed by atoms with van der Waals surface area (Å²) >= 11 is 10.9. The van der Waals surface area contributed by atoms with Crippen molar-refractivity contribution in [1.29, 1.82) is 0 Å². The number of ether oxygens (including phenoxy) is 1. The average Bonchev–Trinajstić information content (AvgIpc) is 2.18. The number of hydrogen-bond acceptors (Lipinski definition) is 3. The highest BCUT2D eigenvalue weighted by atomic mass is 35.5. The topological polar surface area (TPSA) is 41.8 Å². The van der Waals surface area contributed by atoms with E-state index in [0.717, 1.165) is 0 Å². The predicted octanol–water partition coefficient (Wildman–Crippen LogP) is 3.36. The molecule has 0 fully saturated rings. The summed E-state index contributed by atoms with van der Waals surface area (Å²) in [6.07, 6.45) is 2.89. The van der Waals surface area contributed by atoms with E-state index in [9.17, 15) is 0 Å². The molecule has 2 unspecified atom stereocenters. The van der Waals surface area contributed by atoms with Gasteiger partial charge in [-0.15, -0.1) is 0 Å². The van der Waals surface area contributed by atoms with Gasteiger partial charge in [0.05, 0.1) is 5.71 Å². The molecule has 0 bridgehead atoms. The molecule has 0 aliphatic heterocycles. The summed E-state index contributed by atoms with van der Waals surface area (Å²) in [6.45, 7) is 10.2. The molecular formula is C9H15Cl2NO2. The Labute approximate surface area is 94.6 Å². The van der Waals surface area contributed by atoms with Crippen LogP contribution in [0.4, 0.5) is 0 Å². The van der Waals surface area contributed by atoms with Gasteiger partial charge in [-0.25, -0.2) is 0 Å². The first-order chi connectivity index (χ1) is 6.47. The zero-order valence-corrected chi connectivity index (χ0v) is 9.79. The van der Waals surface area contributed by atoms with Crippen molar-refractivity contribution in [2.45, 2.75) is 25.0 Å². The highest BCUT2D eigenvalue weighted by Gasteiger charge is 2.02. The molecule has 0 rings (SSSR count). The van der Waals surface area contributed by atoms with Gasteiger partial charge in [-0.1, -0.05) is 41.5 Å². The Morgan fingerprint density at radius 1 is 1.29 bits per heavy atom. The number of alkyl halides is 2. The van der Waals surface area contributed by atoms with Crippen molar-refractivity contribution in [2.75, 3.05) is 0 Å². The molecule has 1 N–H and O–H groups in total. The molecule has 0 aliphatic carbocycles. The Balaban J connectivity index is 0. The Bertz CT molecular complexity index is 179. The van der Waals surface area contributed by atoms with Gasteiger partial charge in [0.1, 0.15) is 0 Å². The van der Waals surface area contributed by atoms with Crippen LogP contribution in [-0.4, -0.2) is 22.0 Å². The lowest BCUT2D eigenvalue weighted by Gasteiger charge is -2.07. The summed E-state index contributed by atoms with van der Waals surface area (Å²) in [7, 11) is 0. The van der Waals surface area contributed by atoms with Crippen LogP contribution in [0.2, 0.25) is 0 Å². The summed E-state index contributed by atoms with van der Waals surface area (Å²) in [5.41, 5.74) is -0.388. The minimum Gasteiger partial charge on any atom is -0.411 e. The van der Waals surface area contributed by atoms with Gasteiger partial charge in [-0.05, 0) is 26.0 Å². The number of oxime groups is 1. The lowest BCUT2D eigenvalue weighted by atomic mass is 10.5.